The second kappa shape index (κ2) is 5.32. The molecule has 0 radical (unpaired) electrons. The third-order valence-corrected chi connectivity index (χ3v) is 2.82. The summed E-state index contributed by atoms with van der Waals surface area (Å²) < 4.78 is 0. The minimum absolute atomic E-state index is 0.116. The number of aliphatic hydroxyl groups excluding tert-OH is 1. The van der Waals surface area contributed by atoms with E-state index in [1.807, 2.05) is 0 Å². The summed E-state index contributed by atoms with van der Waals surface area (Å²) in [7, 11) is 3.53. The Kier molecular flexibility index (Phi) is 4.35. The molecule has 1 fully saturated rings. The standard InChI is InChI=1S/C10H20N2O2/c1-11(2)10(14)8-12(6-7-13)9-4-3-5-9/h9,13H,3-8H2,1-2H3. The van der Waals surface area contributed by atoms with E-state index >= 15 is 0 Å². The first-order valence-corrected chi connectivity index (χ1v) is 5.20. The number of hydrogen-bond acceptors (Lipinski definition) is 3. The van der Waals surface area contributed by atoms with Gasteiger partial charge >= 0.3 is 0 Å². The van der Waals surface area contributed by atoms with Crippen LogP contribution in [0.5, 0.6) is 0 Å². The van der Waals surface area contributed by atoms with Crippen LogP contribution in [0.3, 0.4) is 0 Å². The van der Waals surface area contributed by atoms with Crippen molar-refractivity contribution >= 4 is 5.91 Å². The van der Waals surface area contributed by atoms with E-state index in [4.69, 9.17) is 5.11 Å². The van der Waals surface area contributed by atoms with E-state index in [1.54, 1.807) is 19.0 Å². The molecule has 1 rings (SSSR count). The van der Waals surface area contributed by atoms with Gasteiger partial charge in [0, 0.05) is 26.7 Å². The third kappa shape index (κ3) is 2.96. The van der Waals surface area contributed by atoms with Gasteiger partial charge in [-0.15, -0.1) is 0 Å². The van der Waals surface area contributed by atoms with Crippen LogP contribution in [0.2, 0.25) is 0 Å². The van der Waals surface area contributed by atoms with Crippen LogP contribution >= 0.6 is 0 Å². The molecule has 14 heavy (non-hydrogen) atoms. The monoisotopic (exact) mass is 200 g/mol. The molecule has 1 aliphatic carbocycles. The summed E-state index contributed by atoms with van der Waals surface area (Å²) in [5.41, 5.74) is 0. The predicted molar refractivity (Wildman–Crippen MR) is 55.0 cm³/mol. The molecule has 0 heterocycles. The lowest BCUT2D eigenvalue weighted by Gasteiger charge is -2.37. The van der Waals surface area contributed by atoms with Crippen LogP contribution in [0.25, 0.3) is 0 Å². The number of hydrogen-bond donors (Lipinski definition) is 1. The molecule has 0 aromatic rings. The highest BCUT2D eigenvalue weighted by atomic mass is 16.3. The lowest BCUT2D eigenvalue weighted by Crippen LogP contribution is -2.46. The Bertz CT molecular complexity index is 191. The van der Waals surface area contributed by atoms with E-state index in [1.165, 1.54) is 19.3 Å². The molecule has 82 valence electrons. The molecular weight excluding hydrogens is 180 g/mol. The highest BCUT2D eigenvalue weighted by molar-refractivity contribution is 5.77. The van der Waals surface area contributed by atoms with Gasteiger partial charge in [-0.05, 0) is 12.8 Å². The van der Waals surface area contributed by atoms with Crippen molar-refractivity contribution in [2.45, 2.75) is 25.3 Å². The fourth-order valence-corrected chi connectivity index (χ4v) is 1.59. The Morgan fingerprint density at radius 1 is 1.43 bits per heavy atom. The molecule has 0 saturated heterocycles. The number of carbonyl (C=O) groups excluding carboxylic acids is 1. The quantitative estimate of drug-likeness (QED) is 0.675. The van der Waals surface area contributed by atoms with E-state index < -0.39 is 0 Å². The molecule has 4 nitrogen and oxygen atoms in total. The first kappa shape index (κ1) is 11.5. The summed E-state index contributed by atoms with van der Waals surface area (Å²) in [6.45, 7) is 1.19. The zero-order valence-electron chi connectivity index (χ0n) is 9.07. The largest absolute Gasteiger partial charge is 0.395 e. The Morgan fingerprint density at radius 2 is 2.07 bits per heavy atom. The lowest BCUT2D eigenvalue weighted by molar-refractivity contribution is -0.131. The van der Waals surface area contributed by atoms with Gasteiger partial charge in [-0.1, -0.05) is 6.42 Å². The lowest BCUT2D eigenvalue weighted by atomic mass is 9.91. The van der Waals surface area contributed by atoms with E-state index in [9.17, 15) is 4.79 Å². The normalized spacial score (nSPS) is 16.9. The first-order chi connectivity index (χ1) is 6.65. The average molecular weight is 200 g/mol. The molecular formula is C10H20N2O2. The van der Waals surface area contributed by atoms with Gasteiger partial charge in [0.1, 0.15) is 0 Å². The number of aliphatic hydroxyl groups is 1. The van der Waals surface area contributed by atoms with Crippen LogP contribution < -0.4 is 0 Å². The molecule has 0 aliphatic heterocycles. The Morgan fingerprint density at radius 3 is 2.43 bits per heavy atom. The van der Waals surface area contributed by atoms with Crippen molar-refractivity contribution in [3.05, 3.63) is 0 Å². The SMILES string of the molecule is CN(C)C(=O)CN(CCO)C1CCC1. The van der Waals surface area contributed by atoms with Crippen molar-refractivity contribution in [1.82, 2.24) is 9.80 Å². The summed E-state index contributed by atoms with van der Waals surface area (Å²) in [5, 5.41) is 8.89. The zero-order valence-corrected chi connectivity index (χ0v) is 9.07. The summed E-state index contributed by atoms with van der Waals surface area (Å²) in [6.07, 6.45) is 3.59. The van der Waals surface area contributed by atoms with Gasteiger partial charge in [-0.3, -0.25) is 9.69 Å². The number of likely N-dealkylation sites (N-methyl/N-ethyl adjacent to an activating group) is 1. The molecule has 1 saturated carbocycles. The number of amides is 1. The fourth-order valence-electron chi connectivity index (χ4n) is 1.59. The molecule has 0 spiro atoms. The highest BCUT2D eigenvalue weighted by Gasteiger charge is 2.26. The maximum Gasteiger partial charge on any atom is 0.236 e. The van der Waals surface area contributed by atoms with Crippen LogP contribution in [0.4, 0.5) is 0 Å². The van der Waals surface area contributed by atoms with Gasteiger partial charge < -0.3 is 10.0 Å². The minimum Gasteiger partial charge on any atom is -0.395 e. The van der Waals surface area contributed by atoms with Crippen LogP contribution in [0.1, 0.15) is 19.3 Å². The van der Waals surface area contributed by atoms with E-state index in [-0.39, 0.29) is 12.5 Å². The summed E-state index contributed by atoms with van der Waals surface area (Å²) >= 11 is 0. The number of nitrogens with zero attached hydrogens (tertiary/aromatic N) is 2. The molecule has 1 amide bonds. The summed E-state index contributed by atoms with van der Waals surface area (Å²) in [5.74, 6) is 0.116. The van der Waals surface area contributed by atoms with Crippen molar-refractivity contribution < 1.29 is 9.90 Å². The minimum atomic E-state index is 0.116. The van der Waals surface area contributed by atoms with Gasteiger partial charge in [-0.2, -0.15) is 0 Å². The van der Waals surface area contributed by atoms with Gasteiger partial charge in [0.2, 0.25) is 5.91 Å². The van der Waals surface area contributed by atoms with Crippen molar-refractivity contribution in [3.8, 4) is 0 Å². The van der Waals surface area contributed by atoms with Gasteiger partial charge in [0.05, 0.1) is 13.2 Å². The van der Waals surface area contributed by atoms with Crippen molar-refractivity contribution in [3.63, 3.8) is 0 Å². The summed E-state index contributed by atoms with van der Waals surface area (Å²) in [6, 6.07) is 0.519. The van der Waals surface area contributed by atoms with Gasteiger partial charge in [-0.25, -0.2) is 0 Å². The molecule has 1 N–H and O–H groups in total. The van der Waals surface area contributed by atoms with Crippen LogP contribution in [-0.4, -0.2) is 60.6 Å². The molecule has 4 heteroatoms. The first-order valence-electron chi connectivity index (χ1n) is 5.20. The average Bonchev–Trinajstić information content (AvgIpc) is 2.01. The zero-order chi connectivity index (χ0) is 10.6. The fraction of sp³-hybridized carbons (Fsp3) is 0.900. The third-order valence-electron chi connectivity index (χ3n) is 2.82. The smallest absolute Gasteiger partial charge is 0.236 e. The van der Waals surface area contributed by atoms with Crippen molar-refractivity contribution in [2.24, 2.45) is 0 Å². The van der Waals surface area contributed by atoms with E-state index in [0.29, 0.717) is 19.1 Å². The maximum atomic E-state index is 11.5. The maximum absolute atomic E-state index is 11.5. The molecule has 0 aromatic carbocycles. The van der Waals surface area contributed by atoms with Crippen LogP contribution in [-0.2, 0) is 4.79 Å². The number of carbonyl (C=O) groups is 1. The topological polar surface area (TPSA) is 43.8 Å². The van der Waals surface area contributed by atoms with E-state index in [2.05, 4.69) is 4.90 Å². The molecule has 0 aromatic heterocycles. The van der Waals surface area contributed by atoms with Crippen molar-refractivity contribution in [1.29, 1.82) is 0 Å². The Labute approximate surface area is 85.5 Å². The predicted octanol–water partition coefficient (Wildman–Crippen LogP) is -0.0786. The molecule has 1 aliphatic rings. The Balaban J connectivity index is 2.37. The van der Waals surface area contributed by atoms with Gasteiger partial charge in [0.25, 0.3) is 0 Å². The van der Waals surface area contributed by atoms with Crippen LogP contribution in [0.15, 0.2) is 0 Å². The van der Waals surface area contributed by atoms with E-state index in [0.717, 1.165) is 0 Å². The van der Waals surface area contributed by atoms with Crippen molar-refractivity contribution in [2.75, 3.05) is 33.8 Å². The number of rotatable bonds is 5. The highest BCUT2D eigenvalue weighted by Crippen LogP contribution is 2.24. The molecule has 0 atom stereocenters. The summed E-state index contributed by atoms with van der Waals surface area (Å²) in [4.78, 5) is 15.2. The second-order valence-corrected chi connectivity index (χ2v) is 4.07. The van der Waals surface area contributed by atoms with Crippen LogP contribution in [0, 0.1) is 0 Å². The Hall–Kier alpha value is -0.610. The second-order valence-electron chi connectivity index (χ2n) is 4.07. The molecule has 0 unspecified atom stereocenters. The molecule has 0 bridgehead atoms. The van der Waals surface area contributed by atoms with Gasteiger partial charge in [0.15, 0.2) is 0 Å².